The van der Waals surface area contributed by atoms with E-state index in [9.17, 15) is 0 Å². The number of benzene rings is 1. The molecule has 0 aliphatic carbocycles. The average molecular weight is 334 g/mol. The van der Waals surface area contributed by atoms with Crippen LogP contribution in [-0.4, -0.2) is 19.7 Å². The predicted octanol–water partition coefficient (Wildman–Crippen LogP) is 3.80. The van der Waals surface area contributed by atoms with E-state index < -0.39 is 0 Å². The number of halogens is 2. The molecule has 22 heavy (non-hydrogen) atoms. The molecule has 0 spiro atoms. The molecule has 0 atom stereocenters. The molecule has 1 aromatic carbocycles. The van der Waals surface area contributed by atoms with Crippen LogP contribution in [0.5, 0.6) is 0 Å². The largest absolute Gasteiger partial charge is 0.350 e. The highest BCUT2D eigenvalue weighted by atomic mass is 35.5. The van der Waals surface area contributed by atoms with E-state index in [1.165, 1.54) is 0 Å². The third kappa shape index (κ3) is 3.37. The first-order valence-corrected chi connectivity index (χ1v) is 7.37. The minimum absolute atomic E-state index is 0.520. The van der Waals surface area contributed by atoms with Crippen molar-refractivity contribution >= 4 is 29.2 Å². The monoisotopic (exact) mass is 333 g/mol. The van der Waals surface area contributed by atoms with E-state index in [4.69, 9.17) is 23.2 Å². The third-order valence-corrected chi connectivity index (χ3v) is 3.70. The number of nitrogens with one attached hydrogen (secondary N) is 1. The van der Waals surface area contributed by atoms with Gasteiger partial charge in [0, 0.05) is 41.6 Å². The molecule has 5 nitrogen and oxygen atoms in total. The molecule has 112 valence electrons. The van der Waals surface area contributed by atoms with Crippen molar-refractivity contribution in [3.63, 3.8) is 0 Å². The smallest absolute Gasteiger partial charge is 0.223 e. The summed E-state index contributed by atoms with van der Waals surface area (Å²) in [5.41, 5.74) is 2.69. The fraction of sp³-hybridized carbons (Fsp3) is 0.133. The van der Waals surface area contributed by atoms with Gasteiger partial charge in [0.2, 0.25) is 5.95 Å². The molecule has 2 aromatic heterocycles. The lowest BCUT2D eigenvalue weighted by atomic mass is 10.2. The van der Waals surface area contributed by atoms with Gasteiger partial charge in [-0.1, -0.05) is 29.3 Å². The van der Waals surface area contributed by atoms with Gasteiger partial charge in [0.25, 0.3) is 0 Å². The number of hydrogen-bond acceptors (Lipinski definition) is 4. The van der Waals surface area contributed by atoms with Gasteiger partial charge in [0.15, 0.2) is 0 Å². The minimum atomic E-state index is 0.520. The van der Waals surface area contributed by atoms with Crippen molar-refractivity contribution in [3.05, 3.63) is 58.5 Å². The molecule has 0 bridgehead atoms. The quantitative estimate of drug-likeness (QED) is 0.789. The second-order valence-corrected chi connectivity index (χ2v) is 5.60. The van der Waals surface area contributed by atoms with E-state index in [-0.39, 0.29) is 0 Å². The van der Waals surface area contributed by atoms with Crippen molar-refractivity contribution in [2.75, 3.05) is 5.32 Å². The molecule has 0 fully saturated rings. The van der Waals surface area contributed by atoms with Crippen LogP contribution in [0, 0.1) is 0 Å². The summed E-state index contributed by atoms with van der Waals surface area (Å²) in [6.45, 7) is 0.520. The highest BCUT2D eigenvalue weighted by molar-refractivity contribution is 6.35. The Morgan fingerprint density at radius 2 is 2.09 bits per heavy atom. The Balaban J connectivity index is 1.75. The van der Waals surface area contributed by atoms with E-state index in [1.54, 1.807) is 29.2 Å². The maximum absolute atomic E-state index is 6.15. The molecule has 2 heterocycles. The number of rotatable bonds is 4. The summed E-state index contributed by atoms with van der Waals surface area (Å²) in [7, 11) is 1.87. The summed E-state index contributed by atoms with van der Waals surface area (Å²) >= 11 is 12.0. The van der Waals surface area contributed by atoms with Gasteiger partial charge in [-0.2, -0.15) is 5.10 Å². The molecule has 3 aromatic rings. The second-order valence-electron chi connectivity index (χ2n) is 4.76. The van der Waals surface area contributed by atoms with Crippen molar-refractivity contribution in [1.82, 2.24) is 19.7 Å². The molecule has 1 N–H and O–H groups in total. The molecule has 7 heteroatoms. The molecule has 0 amide bonds. The number of aromatic nitrogens is 4. The lowest BCUT2D eigenvalue weighted by Crippen LogP contribution is -2.04. The van der Waals surface area contributed by atoms with E-state index in [1.807, 2.05) is 25.4 Å². The third-order valence-electron chi connectivity index (χ3n) is 3.11. The average Bonchev–Trinajstić information content (AvgIpc) is 2.93. The summed E-state index contributed by atoms with van der Waals surface area (Å²) in [4.78, 5) is 8.69. The Labute approximate surface area is 137 Å². The van der Waals surface area contributed by atoms with Crippen molar-refractivity contribution in [2.45, 2.75) is 6.54 Å². The summed E-state index contributed by atoms with van der Waals surface area (Å²) in [5, 5.41) is 8.53. The van der Waals surface area contributed by atoms with E-state index in [2.05, 4.69) is 20.4 Å². The summed E-state index contributed by atoms with van der Waals surface area (Å²) in [5.74, 6) is 0.535. The zero-order valence-electron chi connectivity index (χ0n) is 11.8. The van der Waals surface area contributed by atoms with Crippen molar-refractivity contribution in [3.8, 4) is 11.3 Å². The molecule has 0 saturated heterocycles. The first-order chi connectivity index (χ1) is 10.6. The Morgan fingerprint density at radius 3 is 2.82 bits per heavy atom. The van der Waals surface area contributed by atoms with Gasteiger partial charge < -0.3 is 5.32 Å². The van der Waals surface area contributed by atoms with Gasteiger partial charge in [0.05, 0.1) is 11.9 Å². The Hall–Kier alpha value is -2.11. The maximum Gasteiger partial charge on any atom is 0.223 e. The lowest BCUT2D eigenvalue weighted by Gasteiger charge is -2.07. The van der Waals surface area contributed by atoms with Gasteiger partial charge in [0.1, 0.15) is 0 Å². The van der Waals surface area contributed by atoms with Gasteiger partial charge in [-0.3, -0.25) is 4.68 Å². The van der Waals surface area contributed by atoms with Crippen LogP contribution < -0.4 is 5.32 Å². The molecule has 0 radical (unpaired) electrons. The highest BCUT2D eigenvalue weighted by Gasteiger charge is 2.06. The molecular weight excluding hydrogens is 321 g/mol. The second kappa shape index (κ2) is 6.34. The Kier molecular flexibility index (Phi) is 4.27. The van der Waals surface area contributed by atoms with E-state index in [0.717, 1.165) is 16.8 Å². The number of hydrogen-bond donors (Lipinski definition) is 1. The summed E-state index contributed by atoms with van der Waals surface area (Å²) < 4.78 is 1.73. The molecule has 0 saturated carbocycles. The van der Waals surface area contributed by atoms with Crippen LogP contribution >= 0.6 is 23.2 Å². The molecule has 0 aliphatic rings. The van der Waals surface area contributed by atoms with Crippen LogP contribution in [0.2, 0.25) is 10.0 Å². The van der Waals surface area contributed by atoms with Gasteiger partial charge in [-0.05, 0) is 23.8 Å². The topological polar surface area (TPSA) is 55.6 Å². The van der Waals surface area contributed by atoms with E-state index in [0.29, 0.717) is 22.5 Å². The molecule has 0 aliphatic heterocycles. The predicted molar refractivity (Wildman–Crippen MR) is 88.0 cm³/mol. The first kappa shape index (κ1) is 14.8. The van der Waals surface area contributed by atoms with Crippen molar-refractivity contribution in [2.24, 2.45) is 7.05 Å². The Morgan fingerprint density at radius 1 is 1.23 bits per heavy atom. The van der Waals surface area contributed by atoms with Crippen LogP contribution in [0.3, 0.4) is 0 Å². The van der Waals surface area contributed by atoms with Crippen molar-refractivity contribution < 1.29 is 0 Å². The fourth-order valence-corrected chi connectivity index (χ4v) is 2.47. The SMILES string of the molecule is Cn1cc(-c2ccnc(NCc3ccc(Cl)cc3Cl)n2)cn1. The van der Waals surface area contributed by atoms with Gasteiger partial charge in [-0.25, -0.2) is 9.97 Å². The zero-order chi connectivity index (χ0) is 15.5. The van der Waals surface area contributed by atoms with Crippen LogP contribution in [0.15, 0.2) is 42.9 Å². The summed E-state index contributed by atoms with van der Waals surface area (Å²) in [6, 6.07) is 7.24. The maximum atomic E-state index is 6.15. The molecular formula is C15H13Cl2N5. The number of anilines is 1. The van der Waals surface area contributed by atoms with Crippen LogP contribution in [-0.2, 0) is 13.6 Å². The fourth-order valence-electron chi connectivity index (χ4n) is 2.00. The lowest BCUT2D eigenvalue weighted by molar-refractivity contribution is 0.768. The first-order valence-electron chi connectivity index (χ1n) is 6.62. The van der Waals surface area contributed by atoms with Crippen molar-refractivity contribution in [1.29, 1.82) is 0 Å². The van der Waals surface area contributed by atoms with Crippen LogP contribution in [0.25, 0.3) is 11.3 Å². The van der Waals surface area contributed by atoms with Gasteiger partial charge >= 0.3 is 0 Å². The minimum Gasteiger partial charge on any atom is -0.350 e. The Bertz CT molecular complexity index is 800. The number of nitrogens with zero attached hydrogens (tertiary/aromatic N) is 4. The van der Waals surface area contributed by atoms with Crippen LogP contribution in [0.4, 0.5) is 5.95 Å². The van der Waals surface area contributed by atoms with E-state index >= 15 is 0 Å². The normalized spacial score (nSPS) is 10.7. The standard InChI is InChI=1S/C15H13Cl2N5/c1-22-9-11(8-20-22)14-4-5-18-15(21-14)19-7-10-2-3-12(16)6-13(10)17/h2-6,8-9H,7H2,1H3,(H,18,19,21). The molecule has 3 rings (SSSR count). The van der Waals surface area contributed by atoms with Gasteiger partial charge in [-0.15, -0.1) is 0 Å². The number of aryl methyl sites for hydroxylation is 1. The highest BCUT2D eigenvalue weighted by Crippen LogP contribution is 2.22. The summed E-state index contributed by atoms with van der Waals surface area (Å²) in [6.07, 6.45) is 5.38. The zero-order valence-corrected chi connectivity index (χ0v) is 13.3. The van der Waals surface area contributed by atoms with Crippen LogP contribution in [0.1, 0.15) is 5.56 Å². The molecule has 0 unspecified atom stereocenters.